The number of ketones is 1. The van der Waals surface area contributed by atoms with Gasteiger partial charge < -0.3 is 5.32 Å². The summed E-state index contributed by atoms with van der Waals surface area (Å²) < 4.78 is 2.66. The van der Waals surface area contributed by atoms with Crippen LogP contribution in [0.2, 0.25) is 0 Å². The minimum atomic E-state index is -0.280. The highest BCUT2D eigenvalue weighted by Gasteiger charge is 2.41. The zero-order valence-electron chi connectivity index (χ0n) is 12.9. The molecule has 2 heterocycles. The summed E-state index contributed by atoms with van der Waals surface area (Å²) >= 11 is 3.50. The topological polar surface area (TPSA) is 72.7 Å². The fourth-order valence-electron chi connectivity index (χ4n) is 3.46. The summed E-state index contributed by atoms with van der Waals surface area (Å²) in [5.74, 6) is 0.745. The fourth-order valence-corrected chi connectivity index (χ4v) is 3.87. The number of nitrogens with one attached hydrogen (secondary N) is 1. The van der Waals surface area contributed by atoms with Crippen LogP contribution in [0.3, 0.4) is 0 Å². The molecule has 23 heavy (non-hydrogen) atoms. The molecule has 4 rings (SSSR count). The third kappa shape index (κ3) is 2.39. The molecule has 0 saturated heterocycles. The van der Waals surface area contributed by atoms with Gasteiger partial charge in [-0.1, -0.05) is 47.0 Å². The number of fused-ring (bicyclic) bond motifs is 1. The zero-order chi connectivity index (χ0) is 16.2. The fraction of sp³-hybridized carbons (Fsp3) is 0.375. The molecule has 1 aromatic carbocycles. The van der Waals surface area contributed by atoms with E-state index in [1.54, 1.807) is 4.68 Å². The number of carbonyl (C=O) groups is 1. The predicted molar refractivity (Wildman–Crippen MR) is 88.8 cm³/mol. The van der Waals surface area contributed by atoms with Gasteiger partial charge in [0.1, 0.15) is 6.04 Å². The molecule has 7 heteroatoms. The molecule has 0 amide bonds. The lowest BCUT2D eigenvalue weighted by Gasteiger charge is -2.37. The number of nitrogens with zero attached hydrogens (tertiary/aromatic N) is 4. The van der Waals surface area contributed by atoms with E-state index in [-0.39, 0.29) is 17.2 Å². The molecule has 0 spiro atoms. The molecule has 6 nitrogen and oxygen atoms in total. The van der Waals surface area contributed by atoms with Crippen LogP contribution in [0.25, 0.3) is 0 Å². The van der Waals surface area contributed by atoms with E-state index in [9.17, 15) is 4.79 Å². The maximum atomic E-state index is 12.9. The van der Waals surface area contributed by atoms with Crippen molar-refractivity contribution in [2.45, 2.75) is 32.7 Å². The van der Waals surface area contributed by atoms with Crippen LogP contribution in [-0.2, 0) is 4.79 Å². The summed E-state index contributed by atoms with van der Waals surface area (Å²) in [6, 6.07) is 7.66. The van der Waals surface area contributed by atoms with Crippen molar-refractivity contribution < 1.29 is 4.79 Å². The Bertz CT molecular complexity index is 839. The molecular formula is C16H16BrN5O. The number of carbonyl (C=O) groups excluding carboxylic acids is 1. The number of rotatable bonds is 1. The Balaban J connectivity index is 1.91. The number of benzene rings is 1. The summed E-state index contributed by atoms with van der Waals surface area (Å²) in [7, 11) is 0. The molecule has 0 unspecified atom stereocenters. The minimum Gasteiger partial charge on any atom is -0.326 e. The maximum Gasteiger partial charge on any atom is 0.248 e. The Morgan fingerprint density at radius 3 is 2.96 bits per heavy atom. The normalized spacial score (nSPS) is 22.4. The molecule has 1 aliphatic carbocycles. The molecule has 2 aromatic rings. The van der Waals surface area contributed by atoms with Gasteiger partial charge in [-0.2, -0.15) is 4.68 Å². The summed E-state index contributed by atoms with van der Waals surface area (Å²) in [6.07, 6.45) is 1.35. The van der Waals surface area contributed by atoms with Crippen molar-refractivity contribution in [1.82, 2.24) is 20.2 Å². The second-order valence-corrected chi connectivity index (χ2v) is 7.78. The summed E-state index contributed by atoms with van der Waals surface area (Å²) in [4.78, 5) is 12.9. The third-order valence-corrected chi connectivity index (χ3v) is 4.85. The van der Waals surface area contributed by atoms with E-state index >= 15 is 0 Å². The van der Waals surface area contributed by atoms with E-state index in [0.29, 0.717) is 12.4 Å². The molecule has 0 radical (unpaired) electrons. The van der Waals surface area contributed by atoms with Crippen molar-refractivity contribution in [2.24, 2.45) is 5.41 Å². The van der Waals surface area contributed by atoms with Gasteiger partial charge >= 0.3 is 0 Å². The van der Waals surface area contributed by atoms with Gasteiger partial charge in [-0.15, -0.1) is 0 Å². The molecule has 1 aromatic heterocycles. The predicted octanol–water partition coefficient (Wildman–Crippen LogP) is 3.09. The molecule has 2 aliphatic rings. The lowest BCUT2D eigenvalue weighted by Crippen LogP contribution is -2.36. The van der Waals surface area contributed by atoms with E-state index < -0.39 is 0 Å². The van der Waals surface area contributed by atoms with Gasteiger partial charge in [-0.05, 0) is 40.0 Å². The molecule has 118 valence electrons. The summed E-state index contributed by atoms with van der Waals surface area (Å²) in [6.45, 7) is 4.23. The van der Waals surface area contributed by atoms with E-state index in [4.69, 9.17) is 0 Å². The van der Waals surface area contributed by atoms with Crippen molar-refractivity contribution in [3.63, 3.8) is 0 Å². The Hall–Kier alpha value is -2.02. The van der Waals surface area contributed by atoms with Crippen molar-refractivity contribution >= 4 is 27.7 Å². The molecule has 1 atom stereocenters. The number of hydrogen-bond donors (Lipinski definition) is 1. The number of allylic oxidation sites excluding steroid dienone is 2. The van der Waals surface area contributed by atoms with Crippen molar-refractivity contribution in [2.75, 3.05) is 5.32 Å². The van der Waals surface area contributed by atoms with E-state index in [2.05, 4.69) is 50.6 Å². The van der Waals surface area contributed by atoms with Crippen LogP contribution in [0.5, 0.6) is 0 Å². The van der Waals surface area contributed by atoms with Crippen LogP contribution < -0.4 is 5.32 Å². The average Bonchev–Trinajstić information content (AvgIpc) is 2.91. The maximum absolute atomic E-state index is 12.9. The second kappa shape index (κ2) is 4.99. The molecule has 0 fully saturated rings. The quantitative estimate of drug-likeness (QED) is 0.831. The van der Waals surface area contributed by atoms with Crippen LogP contribution >= 0.6 is 15.9 Å². The summed E-state index contributed by atoms with van der Waals surface area (Å²) in [5, 5.41) is 15.2. The first-order valence-corrected chi connectivity index (χ1v) is 8.30. The van der Waals surface area contributed by atoms with Gasteiger partial charge in [-0.25, -0.2) is 0 Å². The molecule has 1 aliphatic heterocycles. The highest BCUT2D eigenvalue weighted by Crippen LogP contribution is 2.45. The van der Waals surface area contributed by atoms with E-state index in [1.807, 2.05) is 24.3 Å². The number of hydrogen-bond acceptors (Lipinski definition) is 5. The highest BCUT2D eigenvalue weighted by molar-refractivity contribution is 9.10. The first-order chi connectivity index (χ1) is 10.9. The van der Waals surface area contributed by atoms with Gasteiger partial charge in [0, 0.05) is 22.2 Å². The Labute approximate surface area is 142 Å². The van der Waals surface area contributed by atoms with Gasteiger partial charge in [-0.3, -0.25) is 4.79 Å². The number of halogens is 1. The van der Waals surface area contributed by atoms with Crippen LogP contribution in [0.4, 0.5) is 5.95 Å². The van der Waals surface area contributed by atoms with E-state index in [1.165, 1.54) is 0 Å². The Kier molecular flexibility index (Phi) is 3.16. The van der Waals surface area contributed by atoms with Crippen molar-refractivity contribution in [1.29, 1.82) is 0 Å². The first-order valence-electron chi connectivity index (χ1n) is 7.51. The van der Waals surface area contributed by atoms with Crippen LogP contribution in [0, 0.1) is 5.41 Å². The third-order valence-electron chi connectivity index (χ3n) is 4.36. The number of Topliss-reactive ketones (excluding diaryl/α,β-unsaturated/α-hetero) is 1. The average molecular weight is 374 g/mol. The lowest BCUT2D eigenvalue weighted by molar-refractivity contribution is -0.118. The monoisotopic (exact) mass is 373 g/mol. The molecular weight excluding hydrogens is 358 g/mol. The van der Waals surface area contributed by atoms with Gasteiger partial charge in [0.05, 0.1) is 0 Å². The lowest BCUT2D eigenvalue weighted by atomic mass is 9.73. The number of tetrazole rings is 1. The smallest absolute Gasteiger partial charge is 0.248 e. The Morgan fingerprint density at radius 2 is 2.17 bits per heavy atom. The molecule has 0 bridgehead atoms. The first kappa shape index (κ1) is 14.6. The van der Waals surface area contributed by atoms with Crippen molar-refractivity contribution in [3.05, 3.63) is 45.6 Å². The Morgan fingerprint density at radius 1 is 1.35 bits per heavy atom. The highest BCUT2D eigenvalue weighted by atomic mass is 79.9. The number of anilines is 1. The zero-order valence-corrected chi connectivity index (χ0v) is 14.5. The van der Waals surface area contributed by atoms with E-state index in [0.717, 1.165) is 27.7 Å². The number of aromatic nitrogens is 4. The van der Waals surface area contributed by atoms with Crippen LogP contribution in [0.15, 0.2) is 40.0 Å². The summed E-state index contributed by atoms with van der Waals surface area (Å²) in [5.41, 5.74) is 2.66. The van der Waals surface area contributed by atoms with Gasteiger partial charge in [0.2, 0.25) is 5.95 Å². The second-order valence-electron chi connectivity index (χ2n) is 6.86. The van der Waals surface area contributed by atoms with Gasteiger partial charge in [0.25, 0.3) is 0 Å². The van der Waals surface area contributed by atoms with Crippen molar-refractivity contribution in [3.8, 4) is 0 Å². The largest absolute Gasteiger partial charge is 0.326 e. The minimum absolute atomic E-state index is 0.0552. The van der Waals surface area contributed by atoms with Crippen LogP contribution in [-0.4, -0.2) is 26.0 Å². The molecule has 1 N–H and O–H groups in total. The van der Waals surface area contributed by atoms with Gasteiger partial charge in [0.15, 0.2) is 5.78 Å². The molecule has 0 saturated carbocycles. The van der Waals surface area contributed by atoms with Crippen LogP contribution in [0.1, 0.15) is 38.3 Å². The SMILES string of the molecule is CC1(C)CC(=O)C2=C(C1)Nc1nnnn1[C@H]2c1cccc(Br)c1. The standard InChI is InChI=1S/C16H16BrN5O/c1-16(2)7-11-13(12(23)8-16)14(9-4-3-5-10(17)6-9)22-15(18-11)19-20-21-22/h3-6,14H,7-8H2,1-2H3,(H,18,19,21)/t14-/m0/s1.